The number of hydrogen-bond acceptors (Lipinski definition) is 3. The Labute approximate surface area is 76.0 Å². The van der Waals surface area contributed by atoms with Gasteiger partial charge in [0.25, 0.3) is 0 Å². The number of hydrogen-bond donors (Lipinski definition) is 1. The molecule has 0 saturated heterocycles. The first-order valence-corrected chi connectivity index (χ1v) is 4.26. The summed E-state index contributed by atoms with van der Waals surface area (Å²) in [6.45, 7) is 3.22. The highest BCUT2D eigenvalue weighted by atomic mass is 16.5. The van der Waals surface area contributed by atoms with Crippen molar-refractivity contribution in [1.82, 2.24) is 15.0 Å². The van der Waals surface area contributed by atoms with Gasteiger partial charge in [0.2, 0.25) is 0 Å². The minimum atomic E-state index is 0.549. The second-order valence-corrected chi connectivity index (χ2v) is 2.70. The molecule has 2 heterocycles. The summed E-state index contributed by atoms with van der Waals surface area (Å²) in [6.07, 6.45) is 3.40. The lowest BCUT2D eigenvalue weighted by Crippen LogP contribution is -1.96. The number of aromatic nitrogens is 3. The first-order valence-electron chi connectivity index (χ1n) is 4.26. The molecule has 68 valence electrons. The van der Waals surface area contributed by atoms with Crippen LogP contribution in [0.4, 0.5) is 0 Å². The molecule has 0 radical (unpaired) electrons. The monoisotopic (exact) mass is 177 g/mol. The van der Waals surface area contributed by atoms with Crippen LogP contribution in [0.5, 0.6) is 0 Å². The molecular weight excluding hydrogens is 166 g/mol. The van der Waals surface area contributed by atoms with Gasteiger partial charge in [-0.05, 0) is 13.0 Å². The van der Waals surface area contributed by atoms with Gasteiger partial charge in [0.05, 0.1) is 12.3 Å². The maximum atomic E-state index is 5.29. The van der Waals surface area contributed by atoms with Crippen LogP contribution in [0.3, 0.4) is 0 Å². The molecule has 4 nitrogen and oxygen atoms in total. The molecule has 2 aromatic rings. The van der Waals surface area contributed by atoms with E-state index >= 15 is 0 Å². The van der Waals surface area contributed by atoms with Gasteiger partial charge in [0, 0.05) is 18.2 Å². The predicted octanol–water partition coefficient (Wildman–Crippen LogP) is 1.49. The fourth-order valence-corrected chi connectivity index (χ4v) is 1.24. The largest absolute Gasteiger partial charge is 0.375 e. The maximum Gasteiger partial charge on any atom is 0.141 e. The van der Waals surface area contributed by atoms with Crippen molar-refractivity contribution >= 4 is 11.0 Å². The summed E-state index contributed by atoms with van der Waals surface area (Å²) in [5.41, 5.74) is 1.80. The summed E-state index contributed by atoms with van der Waals surface area (Å²) in [7, 11) is 0. The summed E-state index contributed by atoms with van der Waals surface area (Å²) in [4.78, 5) is 11.3. The summed E-state index contributed by atoms with van der Waals surface area (Å²) in [5.74, 6) is 0. The molecule has 2 rings (SSSR count). The Morgan fingerprint density at radius 1 is 1.46 bits per heavy atom. The average molecular weight is 177 g/mol. The molecule has 0 atom stereocenters. The molecule has 4 heteroatoms. The van der Waals surface area contributed by atoms with Gasteiger partial charge in [-0.1, -0.05) is 0 Å². The molecule has 0 saturated carbocycles. The topological polar surface area (TPSA) is 50.8 Å². The summed E-state index contributed by atoms with van der Waals surface area (Å²) >= 11 is 0. The van der Waals surface area contributed by atoms with Crippen LogP contribution in [0.25, 0.3) is 11.0 Å². The van der Waals surface area contributed by atoms with E-state index in [-0.39, 0.29) is 0 Å². The Balaban J connectivity index is 2.37. The normalized spacial score (nSPS) is 10.8. The van der Waals surface area contributed by atoms with Gasteiger partial charge in [-0.3, -0.25) is 0 Å². The number of fused-ring (bicyclic) bond motifs is 1. The van der Waals surface area contributed by atoms with E-state index in [0.717, 1.165) is 16.7 Å². The molecule has 0 bridgehead atoms. The highest BCUT2D eigenvalue weighted by Crippen LogP contribution is 2.12. The number of aromatic amines is 1. The van der Waals surface area contributed by atoms with Gasteiger partial charge in [-0.25, -0.2) is 9.97 Å². The highest BCUT2D eigenvalue weighted by Gasteiger charge is 2.02. The molecule has 0 fully saturated rings. The minimum absolute atomic E-state index is 0.549. The maximum absolute atomic E-state index is 5.29. The second kappa shape index (κ2) is 3.53. The van der Waals surface area contributed by atoms with Gasteiger partial charge in [-0.15, -0.1) is 0 Å². The Bertz CT molecular complexity index is 396. The zero-order valence-corrected chi connectivity index (χ0v) is 7.45. The van der Waals surface area contributed by atoms with E-state index in [0.29, 0.717) is 13.2 Å². The van der Waals surface area contributed by atoms with Gasteiger partial charge < -0.3 is 9.72 Å². The zero-order valence-electron chi connectivity index (χ0n) is 7.45. The molecule has 0 aliphatic heterocycles. The fraction of sp³-hybridized carbons (Fsp3) is 0.333. The molecule has 0 aliphatic rings. The van der Waals surface area contributed by atoms with Crippen molar-refractivity contribution in [1.29, 1.82) is 0 Å². The molecule has 0 aliphatic carbocycles. The van der Waals surface area contributed by atoms with Crippen molar-refractivity contribution in [2.24, 2.45) is 0 Å². The van der Waals surface area contributed by atoms with Gasteiger partial charge >= 0.3 is 0 Å². The van der Waals surface area contributed by atoms with Crippen molar-refractivity contribution in [2.75, 3.05) is 6.61 Å². The smallest absolute Gasteiger partial charge is 0.141 e. The third kappa shape index (κ3) is 1.53. The van der Waals surface area contributed by atoms with E-state index in [4.69, 9.17) is 4.74 Å². The lowest BCUT2D eigenvalue weighted by molar-refractivity contribution is 0.132. The lowest BCUT2D eigenvalue weighted by Gasteiger charge is -2.00. The molecule has 1 N–H and O–H groups in total. The van der Waals surface area contributed by atoms with Crippen LogP contribution in [-0.4, -0.2) is 21.6 Å². The van der Waals surface area contributed by atoms with E-state index in [2.05, 4.69) is 15.0 Å². The van der Waals surface area contributed by atoms with Gasteiger partial charge in [0.15, 0.2) is 0 Å². The van der Waals surface area contributed by atoms with Crippen molar-refractivity contribution in [3.05, 3.63) is 24.3 Å². The quantitative estimate of drug-likeness (QED) is 0.772. The highest BCUT2D eigenvalue weighted by molar-refractivity contribution is 5.77. The van der Waals surface area contributed by atoms with Crippen molar-refractivity contribution in [3.8, 4) is 0 Å². The van der Waals surface area contributed by atoms with E-state index in [1.807, 2.05) is 19.2 Å². The van der Waals surface area contributed by atoms with Crippen LogP contribution in [0.15, 0.2) is 18.6 Å². The zero-order chi connectivity index (χ0) is 9.10. The molecule has 0 amide bonds. The van der Waals surface area contributed by atoms with E-state index < -0.39 is 0 Å². The molecule has 13 heavy (non-hydrogen) atoms. The van der Waals surface area contributed by atoms with Crippen molar-refractivity contribution < 1.29 is 4.74 Å². The minimum Gasteiger partial charge on any atom is -0.375 e. The third-order valence-corrected chi connectivity index (χ3v) is 1.88. The van der Waals surface area contributed by atoms with Crippen molar-refractivity contribution in [3.63, 3.8) is 0 Å². The molecule has 2 aromatic heterocycles. The standard InChI is InChI=1S/C9H11N3O/c1-2-13-5-8-7-3-4-10-9(7)12-6-11-8/h3-4,6H,2,5H2,1H3,(H,10,11,12). The van der Waals surface area contributed by atoms with E-state index in [9.17, 15) is 0 Å². The third-order valence-electron chi connectivity index (χ3n) is 1.88. The number of ether oxygens (including phenoxy) is 1. The first-order chi connectivity index (χ1) is 6.42. The van der Waals surface area contributed by atoms with Crippen LogP contribution in [0, 0.1) is 0 Å². The predicted molar refractivity (Wildman–Crippen MR) is 49.2 cm³/mol. The van der Waals surface area contributed by atoms with E-state index in [1.165, 1.54) is 0 Å². The molecular formula is C9H11N3O. The number of H-pyrrole nitrogens is 1. The number of nitrogens with zero attached hydrogens (tertiary/aromatic N) is 2. The number of rotatable bonds is 3. The SMILES string of the molecule is CCOCc1ncnc2[nH]ccc12. The first kappa shape index (κ1) is 8.19. The second-order valence-electron chi connectivity index (χ2n) is 2.70. The van der Waals surface area contributed by atoms with Crippen LogP contribution < -0.4 is 0 Å². The Hall–Kier alpha value is -1.42. The molecule has 0 aromatic carbocycles. The van der Waals surface area contributed by atoms with Gasteiger partial charge in [-0.2, -0.15) is 0 Å². The Morgan fingerprint density at radius 2 is 2.38 bits per heavy atom. The van der Waals surface area contributed by atoms with Crippen LogP contribution in [-0.2, 0) is 11.3 Å². The lowest BCUT2D eigenvalue weighted by atomic mass is 10.3. The molecule has 0 spiro atoms. The van der Waals surface area contributed by atoms with E-state index in [1.54, 1.807) is 6.33 Å². The van der Waals surface area contributed by atoms with Gasteiger partial charge in [0.1, 0.15) is 12.0 Å². The van der Waals surface area contributed by atoms with Crippen LogP contribution >= 0.6 is 0 Å². The fourth-order valence-electron chi connectivity index (χ4n) is 1.24. The Kier molecular flexibility index (Phi) is 2.23. The van der Waals surface area contributed by atoms with Crippen LogP contribution in [0.1, 0.15) is 12.6 Å². The summed E-state index contributed by atoms with van der Waals surface area (Å²) in [5, 5.41) is 1.04. The molecule has 0 unspecified atom stereocenters. The number of nitrogens with one attached hydrogen (secondary N) is 1. The average Bonchev–Trinajstić information content (AvgIpc) is 2.62. The Morgan fingerprint density at radius 3 is 3.23 bits per heavy atom. The summed E-state index contributed by atoms with van der Waals surface area (Å²) < 4.78 is 5.29. The van der Waals surface area contributed by atoms with Crippen LogP contribution in [0.2, 0.25) is 0 Å². The summed E-state index contributed by atoms with van der Waals surface area (Å²) in [6, 6.07) is 1.96. The van der Waals surface area contributed by atoms with Crippen molar-refractivity contribution in [2.45, 2.75) is 13.5 Å².